The third-order valence-corrected chi connectivity index (χ3v) is 7.58. The van der Waals surface area contributed by atoms with Crippen LogP contribution < -0.4 is 4.72 Å². The lowest BCUT2D eigenvalue weighted by molar-refractivity contribution is -0.222. The number of benzene rings is 3. The molecule has 8 heteroatoms. The summed E-state index contributed by atoms with van der Waals surface area (Å²) in [6.45, 7) is 2.99. The van der Waals surface area contributed by atoms with Gasteiger partial charge < -0.3 is 18.9 Å². The molecule has 0 unspecified atom stereocenters. The molecule has 1 N–H and O–H groups in total. The van der Waals surface area contributed by atoms with E-state index in [2.05, 4.69) is 4.72 Å². The highest BCUT2D eigenvalue weighted by Crippen LogP contribution is 2.27. The van der Waals surface area contributed by atoms with E-state index < -0.39 is 34.6 Å². The lowest BCUT2D eigenvalue weighted by Gasteiger charge is -2.41. The van der Waals surface area contributed by atoms with E-state index in [-0.39, 0.29) is 12.4 Å². The van der Waals surface area contributed by atoms with Gasteiger partial charge in [0.15, 0.2) is 0 Å². The average molecular weight is 526 g/mol. The van der Waals surface area contributed by atoms with Crippen LogP contribution in [0.3, 0.4) is 0 Å². The van der Waals surface area contributed by atoms with Gasteiger partial charge in [0.25, 0.3) is 0 Å². The minimum Gasteiger partial charge on any atom is -0.374 e. The molecule has 0 spiro atoms. The summed E-state index contributed by atoms with van der Waals surface area (Å²) in [7, 11) is -3.48. The van der Waals surface area contributed by atoms with Gasteiger partial charge in [-0.05, 0) is 23.6 Å². The van der Waals surface area contributed by atoms with E-state index in [0.717, 1.165) is 16.7 Å². The molecule has 1 fully saturated rings. The molecule has 4 atom stereocenters. The van der Waals surface area contributed by atoms with Crippen molar-refractivity contribution < 1.29 is 27.4 Å². The summed E-state index contributed by atoms with van der Waals surface area (Å²) < 4.78 is 52.4. The standard InChI is InChI=1S/C29H35NO6S/c1-2-37(31,32)30-28-18-26(34-20-24-14-8-4-9-15-24)29(35-21-25-16-10-5-11-17-25)27(36-28)22-33-19-23-12-6-3-7-13-23/h3-17,26-30H,2,18-22H2,1H3/t26-,27-,28-,29+/m1/s1. The van der Waals surface area contributed by atoms with Gasteiger partial charge in [0.05, 0.1) is 38.3 Å². The Morgan fingerprint density at radius 1 is 0.784 bits per heavy atom. The van der Waals surface area contributed by atoms with E-state index in [1.54, 1.807) is 6.92 Å². The van der Waals surface area contributed by atoms with Crippen molar-refractivity contribution in [3.63, 3.8) is 0 Å². The van der Waals surface area contributed by atoms with Gasteiger partial charge in [-0.2, -0.15) is 4.72 Å². The number of ether oxygens (including phenoxy) is 4. The summed E-state index contributed by atoms with van der Waals surface area (Å²) in [5.74, 6) is -0.0362. The number of nitrogens with one attached hydrogen (secondary N) is 1. The van der Waals surface area contributed by atoms with Crippen LogP contribution in [0.1, 0.15) is 30.0 Å². The first kappa shape index (κ1) is 27.4. The fourth-order valence-electron chi connectivity index (χ4n) is 4.21. The first-order chi connectivity index (χ1) is 18.0. The Morgan fingerprint density at radius 2 is 1.30 bits per heavy atom. The van der Waals surface area contributed by atoms with Crippen molar-refractivity contribution >= 4 is 10.0 Å². The highest BCUT2D eigenvalue weighted by molar-refractivity contribution is 7.89. The Kier molecular flexibility index (Phi) is 10.2. The van der Waals surface area contributed by atoms with Gasteiger partial charge in [0.2, 0.25) is 10.0 Å². The Hall–Kier alpha value is -2.59. The number of rotatable bonds is 13. The van der Waals surface area contributed by atoms with E-state index >= 15 is 0 Å². The Bertz CT molecular complexity index is 1160. The number of hydrogen-bond acceptors (Lipinski definition) is 6. The Balaban J connectivity index is 1.51. The zero-order valence-corrected chi connectivity index (χ0v) is 21.9. The molecule has 198 valence electrons. The normalized spacial score (nSPS) is 22.1. The molecule has 1 aliphatic rings. The maximum absolute atomic E-state index is 12.4. The van der Waals surface area contributed by atoms with Crippen molar-refractivity contribution in [2.75, 3.05) is 12.4 Å². The summed E-state index contributed by atoms with van der Waals surface area (Å²) in [6.07, 6.45) is -1.82. The third kappa shape index (κ3) is 8.74. The predicted octanol–water partition coefficient (Wildman–Crippen LogP) is 4.43. The quantitative estimate of drug-likeness (QED) is 0.356. The summed E-state index contributed by atoms with van der Waals surface area (Å²) in [6, 6.07) is 29.7. The number of sulfonamides is 1. The van der Waals surface area contributed by atoms with Crippen LogP contribution in [0.25, 0.3) is 0 Å². The molecule has 0 amide bonds. The van der Waals surface area contributed by atoms with E-state index in [0.29, 0.717) is 26.2 Å². The second-order valence-electron chi connectivity index (χ2n) is 9.02. The van der Waals surface area contributed by atoms with Crippen molar-refractivity contribution in [1.82, 2.24) is 4.72 Å². The highest BCUT2D eigenvalue weighted by Gasteiger charge is 2.41. The summed E-state index contributed by atoms with van der Waals surface area (Å²) in [5.41, 5.74) is 3.10. The van der Waals surface area contributed by atoms with E-state index in [1.807, 2.05) is 91.0 Å². The van der Waals surface area contributed by atoms with Gasteiger partial charge in [0.1, 0.15) is 18.4 Å². The van der Waals surface area contributed by atoms with E-state index in [4.69, 9.17) is 18.9 Å². The maximum atomic E-state index is 12.4. The molecule has 4 rings (SSSR count). The van der Waals surface area contributed by atoms with Gasteiger partial charge in [-0.15, -0.1) is 0 Å². The van der Waals surface area contributed by atoms with Crippen molar-refractivity contribution in [3.8, 4) is 0 Å². The summed E-state index contributed by atoms with van der Waals surface area (Å²) in [5, 5.41) is 0. The summed E-state index contributed by atoms with van der Waals surface area (Å²) >= 11 is 0. The SMILES string of the molecule is CCS(=O)(=O)N[C@H]1C[C@@H](OCc2ccccc2)[C@H](OCc2ccccc2)[C@@H](COCc2ccccc2)O1. The minimum atomic E-state index is -3.48. The van der Waals surface area contributed by atoms with Gasteiger partial charge in [-0.1, -0.05) is 91.0 Å². The van der Waals surface area contributed by atoms with Crippen LogP contribution in [0.5, 0.6) is 0 Å². The monoisotopic (exact) mass is 525 g/mol. The van der Waals surface area contributed by atoms with Gasteiger partial charge >= 0.3 is 0 Å². The highest BCUT2D eigenvalue weighted by atomic mass is 32.2. The maximum Gasteiger partial charge on any atom is 0.213 e. The van der Waals surface area contributed by atoms with Gasteiger partial charge in [-0.25, -0.2) is 8.42 Å². The predicted molar refractivity (Wildman–Crippen MR) is 142 cm³/mol. The Morgan fingerprint density at radius 3 is 1.84 bits per heavy atom. The lowest BCUT2D eigenvalue weighted by atomic mass is 10.00. The molecule has 1 aliphatic heterocycles. The second kappa shape index (κ2) is 13.8. The van der Waals surface area contributed by atoms with Crippen molar-refractivity contribution in [2.45, 2.75) is 57.7 Å². The van der Waals surface area contributed by atoms with Crippen LogP contribution in [0.15, 0.2) is 91.0 Å². The van der Waals surface area contributed by atoms with Crippen molar-refractivity contribution in [2.24, 2.45) is 0 Å². The molecule has 37 heavy (non-hydrogen) atoms. The van der Waals surface area contributed by atoms with Crippen LogP contribution in [0, 0.1) is 0 Å². The van der Waals surface area contributed by atoms with Crippen molar-refractivity contribution in [1.29, 1.82) is 0 Å². The van der Waals surface area contributed by atoms with E-state index in [1.165, 1.54) is 0 Å². The van der Waals surface area contributed by atoms with E-state index in [9.17, 15) is 8.42 Å². The fourth-order valence-corrected chi connectivity index (χ4v) is 4.93. The number of hydrogen-bond donors (Lipinski definition) is 1. The molecule has 3 aromatic carbocycles. The molecule has 0 aliphatic carbocycles. The molecule has 1 saturated heterocycles. The molecular weight excluding hydrogens is 490 g/mol. The first-order valence-electron chi connectivity index (χ1n) is 12.6. The van der Waals surface area contributed by atoms with Gasteiger partial charge in [-0.3, -0.25) is 0 Å². The molecule has 3 aromatic rings. The minimum absolute atomic E-state index is 0.0362. The largest absolute Gasteiger partial charge is 0.374 e. The summed E-state index contributed by atoms with van der Waals surface area (Å²) in [4.78, 5) is 0. The third-order valence-electron chi connectivity index (χ3n) is 6.20. The second-order valence-corrected chi connectivity index (χ2v) is 11.1. The van der Waals surface area contributed by atoms with Crippen molar-refractivity contribution in [3.05, 3.63) is 108 Å². The molecule has 0 aromatic heterocycles. The van der Waals surface area contributed by atoms with Crippen LogP contribution >= 0.6 is 0 Å². The molecule has 7 nitrogen and oxygen atoms in total. The molecule has 0 saturated carbocycles. The zero-order valence-electron chi connectivity index (χ0n) is 21.1. The average Bonchev–Trinajstić information content (AvgIpc) is 2.93. The van der Waals surface area contributed by atoms with Crippen LogP contribution in [-0.4, -0.2) is 45.3 Å². The topological polar surface area (TPSA) is 83.1 Å². The molecule has 0 bridgehead atoms. The van der Waals surface area contributed by atoms with Crippen LogP contribution in [0.4, 0.5) is 0 Å². The zero-order chi connectivity index (χ0) is 25.9. The smallest absolute Gasteiger partial charge is 0.213 e. The molecule has 1 heterocycles. The Labute approximate surface area is 219 Å². The van der Waals surface area contributed by atoms with Crippen LogP contribution in [-0.2, 0) is 48.8 Å². The van der Waals surface area contributed by atoms with Crippen LogP contribution in [0.2, 0.25) is 0 Å². The lowest BCUT2D eigenvalue weighted by Crippen LogP contribution is -2.56. The molecule has 0 radical (unpaired) electrons. The first-order valence-corrected chi connectivity index (χ1v) is 14.3. The van der Waals surface area contributed by atoms with Gasteiger partial charge in [0, 0.05) is 6.42 Å². The fraction of sp³-hybridized carbons (Fsp3) is 0.379. The molecular formula is C29H35NO6S.